The molecule has 0 unspecified atom stereocenters. The molecule has 1 amide bonds. The van der Waals surface area contributed by atoms with E-state index < -0.39 is 0 Å². The van der Waals surface area contributed by atoms with E-state index in [0.29, 0.717) is 0 Å². The molecular weight excluding hydrogens is 300 g/mol. The van der Waals surface area contributed by atoms with Crippen LogP contribution < -0.4 is 5.32 Å². The van der Waals surface area contributed by atoms with Crippen molar-refractivity contribution in [2.24, 2.45) is 5.92 Å². The highest BCUT2D eigenvalue weighted by Gasteiger charge is 2.26. The summed E-state index contributed by atoms with van der Waals surface area (Å²) in [6.07, 6.45) is 6.62. The van der Waals surface area contributed by atoms with E-state index in [9.17, 15) is 4.79 Å². The van der Waals surface area contributed by atoms with Gasteiger partial charge in [0.1, 0.15) is 5.82 Å². The van der Waals surface area contributed by atoms with Gasteiger partial charge in [-0.3, -0.25) is 4.79 Å². The van der Waals surface area contributed by atoms with Crippen molar-refractivity contribution in [3.63, 3.8) is 0 Å². The van der Waals surface area contributed by atoms with Gasteiger partial charge in [0.05, 0.1) is 11.3 Å². The summed E-state index contributed by atoms with van der Waals surface area (Å²) < 4.78 is 4.49. The number of aromatic nitrogens is 3. The molecule has 2 aromatic rings. The molecule has 1 aliphatic carbocycles. The third-order valence-electron chi connectivity index (χ3n) is 5.40. The SMILES string of the molecule is Cc1cn2c(n1)CC[C@H](NC(=O)c1cc(C)n(CC3CC3)c1C)C2. The van der Waals surface area contributed by atoms with Crippen molar-refractivity contribution in [3.05, 3.63) is 40.7 Å². The summed E-state index contributed by atoms with van der Waals surface area (Å²) in [6, 6.07) is 2.23. The molecule has 5 nitrogen and oxygen atoms in total. The highest BCUT2D eigenvalue weighted by Crippen LogP contribution is 2.32. The van der Waals surface area contributed by atoms with Gasteiger partial charge in [0, 0.05) is 43.1 Å². The summed E-state index contributed by atoms with van der Waals surface area (Å²) in [7, 11) is 0. The summed E-state index contributed by atoms with van der Waals surface area (Å²) in [5, 5.41) is 3.23. The molecule has 1 aliphatic heterocycles. The molecule has 5 heteroatoms. The number of hydrogen-bond donors (Lipinski definition) is 1. The molecule has 0 bridgehead atoms. The largest absolute Gasteiger partial charge is 0.348 e. The van der Waals surface area contributed by atoms with Gasteiger partial charge >= 0.3 is 0 Å². The Morgan fingerprint density at radius 3 is 2.83 bits per heavy atom. The lowest BCUT2D eigenvalue weighted by molar-refractivity contribution is 0.0927. The number of nitrogens with one attached hydrogen (secondary N) is 1. The number of fused-ring (bicyclic) bond motifs is 1. The molecule has 0 spiro atoms. The van der Waals surface area contributed by atoms with Crippen molar-refractivity contribution >= 4 is 5.91 Å². The van der Waals surface area contributed by atoms with Crippen molar-refractivity contribution in [1.82, 2.24) is 19.4 Å². The Hall–Kier alpha value is -2.04. The molecule has 2 aromatic heterocycles. The molecule has 24 heavy (non-hydrogen) atoms. The maximum absolute atomic E-state index is 12.8. The van der Waals surface area contributed by atoms with Crippen LogP contribution in [0.25, 0.3) is 0 Å². The van der Waals surface area contributed by atoms with Crippen LogP contribution in [0.1, 0.15) is 52.5 Å². The van der Waals surface area contributed by atoms with E-state index in [2.05, 4.69) is 39.5 Å². The monoisotopic (exact) mass is 326 g/mol. The molecule has 128 valence electrons. The van der Waals surface area contributed by atoms with Crippen LogP contribution in [0.2, 0.25) is 0 Å². The average Bonchev–Trinajstić information content (AvgIpc) is 3.22. The van der Waals surface area contributed by atoms with Crippen LogP contribution in [0.4, 0.5) is 0 Å². The van der Waals surface area contributed by atoms with Gasteiger partial charge in [-0.05, 0) is 52.0 Å². The third kappa shape index (κ3) is 2.87. The Labute approximate surface area is 143 Å². The first kappa shape index (κ1) is 15.5. The lowest BCUT2D eigenvalue weighted by Crippen LogP contribution is -2.41. The normalized spacial score (nSPS) is 20.0. The highest BCUT2D eigenvalue weighted by atomic mass is 16.1. The van der Waals surface area contributed by atoms with E-state index in [0.717, 1.165) is 54.6 Å². The minimum absolute atomic E-state index is 0.0652. The molecule has 1 atom stereocenters. The van der Waals surface area contributed by atoms with E-state index >= 15 is 0 Å². The van der Waals surface area contributed by atoms with Crippen LogP contribution >= 0.6 is 0 Å². The molecule has 0 saturated heterocycles. The van der Waals surface area contributed by atoms with Crippen LogP contribution in [0, 0.1) is 26.7 Å². The van der Waals surface area contributed by atoms with E-state index in [1.807, 2.05) is 13.0 Å². The van der Waals surface area contributed by atoms with E-state index in [-0.39, 0.29) is 11.9 Å². The zero-order valence-electron chi connectivity index (χ0n) is 14.8. The van der Waals surface area contributed by atoms with Gasteiger partial charge in [0.15, 0.2) is 0 Å². The Bertz CT molecular complexity index is 782. The van der Waals surface area contributed by atoms with Crippen molar-refractivity contribution in [3.8, 4) is 0 Å². The lowest BCUT2D eigenvalue weighted by atomic mass is 10.1. The number of aryl methyl sites for hydroxylation is 3. The second kappa shape index (κ2) is 5.80. The van der Waals surface area contributed by atoms with Crippen molar-refractivity contribution in [2.75, 3.05) is 0 Å². The number of carbonyl (C=O) groups excluding carboxylic acids is 1. The number of carbonyl (C=O) groups is 1. The van der Waals surface area contributed by atoms with Gasteiger partial charge in [-0.15, -0.1) is 0 Å². The molecule has 1 fully saturated rings. The van der Waals surface area contributed by atoms with Gasteiger partial charge in [-0.2, -0.15) is 0 Å². The van der Waals surface area contributed by atoms with Gasteiger partial charge < -0.3 is 14.5 Å². The fourth-order valence-corrected chi connectivity index (χ4v) is 3.84. The lowest BCUT2D eigenvalue weighted by Gasteiger charge is -2.24. The van der Waals surface area contributed by atoms with Crippen molar-refractivity contribution < 1.29 is 4.79 Å². The van der Waals surface area contributed by atoms with Gasteiger partial charge in [-0.1, -0.05) is 0 Å². The third-order valence-corrected chi connectivity index (χ3v) is 5.40. The maximum atomic E-state index is 12.8. The second-order valence-corrected chi connectivity index (χ2v) is 7.50. The molecule has 4 rings (SSSR count). The zero-order chi connectivity index (χ0) is 16.8. The van der Waals surface area contributed by atoms with E-state index in [1.165, 1.54) is 18.5 Å². The van der Waals surface area contributed by atoms with Crippen LogP contribution in [0.15, 0.2) is 12.3 Å². The Kier molecular flexibility index (Phi) is 3.74. The van der Waals surface area contributed by atoms with Crippen molar-refractivity contribution in [2.45, 2.75) is 65.6 Å². The average molecular weight is 326 g/mol. The number of rotatable bonds is 4. The summed E-state index contributed by atoms with van der Waals surface area (Å²) in [5.41, 5.74) is 4.19. The van der Waals surface area contributed by atoms with Crippen LogP contribution in [-0.4, -0.2) is 26.1 Å². The van der Waals surface area contributed by atoms with Gasteiger partial charge in [0.25, 0.3) is 5.91 Å². The second-order valence-electron chi connectivity index (χ2n) is 7.50. The minimum Gasteiger partial charge on any atom is -0.348 e. The van der Waals surface area contributed by atoms with Crippen LogP contribution in [-0.2, 0) is 19.5 Å². The van der Waals surface area contributed by atoms with E-state index in [1.54, 1.807) is 0 Å². The van der Waals surface area contributed by atoms with Crippen molar-refractivity contribution in [1.29, 1.82) is 0 Å². The minimum atomic E-state index is 0.0652. The number of imidazole rings is 1. The Morgan fingerprint density at radius 1 is 1.29 bits per heavy atom. The molecule has 3 heterocycles. The predicted octanol–water partition coefficient (Wildman–Crippen LogP) is 2.76. The summed E-state index contributed by atoms with van der Waals surface area (Å²) in [4.78, 5) is 17.3. The van der Waals surface area contributed by atoms with Crippen LogP contribution in [0.5, 0.6) is 0 Å². The molecule has 1 N–H and O–H groups in total. The van der Waals surface area contributed by atoms with Gasteiger partial charge in [-0.25, -0.2) is 4.98 Å². The maximum Gasteiger partial charge on any atom is 0.253 e. The summed E-state index contributed by atoms with van der Waals surface area (Å²) >= 11 is 0. The zero-order valence-corrected chi connectivity index (χ0v) is 14.8. The smallest absolute Gasteiger partial charge is 0.253 e. The van der Waals surface area contributed by atoms with E-state index in [4.69, 9.17) is 0 Å². The first-order valence-corrected chi connectivity index (χ1v) is 9.01. The fourth-order valence-electron chi connectivity index (χ4n) is 3.84. The van der Waals surface area contributed by atoms with Gasteiger partial charge in [0.2, 0.25) is 0 Å². The molecule has 0 radical (unpaired) electrons. The topological polar surface area (TPSA) is 51.9 Å². The fraction of sp³-hybridized carbons (Fsp3) is 0.579. The highest BCUT2D eigenvalue weighted by molar-refractivity contribution is 5.95. The number of hydrogen-bond acceptors (Lipinski definition) is 2. The number of nitrogens with zero attached hydrogens (tertiary/aromatic N) is 3. The van der Waals surface area contributed by atoms with Crippen LogP contribution in [0.3, 0.4) is 0 Å². The quantitative estimate of drug-likeness (QED) is 0.939. The first-order valence-electron chi connectivity index (χ1n) is 9.01. The Balaban J connectivity index is 1.46. The molecular formula is C19H26N4O. The summed E-state index contributed by atoms with van der Waals surface area (Å²) in [5.74, 6) is 2.02. The predicted molar refractivity (Wildman–Crippen MR) is 93.2 cm³/mol. The number of amides is 1. The molecule has 2 aliphatic rings. The molecule has 0 aromatic carbocycles. The first-order chi connectivity index (χ1) is 11.5. The summed E-state index contributed by atoms with van der Waals surface area (Å²) in [6.45, 7) is 8.08. The standard InChI is InChI=1S/C19H26N4O/c1-12-9-22-11-16(6-7-18(22)20-12)21-19(24)17-8-13(2)23(14(17)3)10-15-4-5-15/h8-9,15-16H,4-7,10-11H2,1-3H3,(H,21,24)/t16-/m0/s1. The Morgan fingerprint density at radius 2 is 2.08 bits per heavy atom. The molecule has 1 saturated carbocycles.